The Morgan fingerprint density at radius 1 is 1.29 bits per heavy atom. The number of rotatable bonds is 4. The summed E-state index contributed by atoms with van der Waals surface area (Å²) in [5, 5.41) is 4.75. The summed E-state index contributed by atoms with van der Waals surface area (Å²) in [6, 6.07) is 4.01. The van der Waals surface area contributed by atoms with Crippen molar-refractivity contribution in [2.75, 3.05) is 13.1 Å². The molecule has 3 aromatic heterocycles. The van der Waals surface area contributed by atoms with Crippen LogP contribution >= 0.6 is 11.6 Å². The van der Waals surface area contributed by atoms with Gasteiger partial charge in [-0.2, -0.15) is 5.10 Å². The molecule has 0 aliphatic carbocycles. The zero-order chi connectivity index (χ0) is 19.7. The largest absolute Gasteiger partial charge is 0.336 e. The number of nitrogens with zero attached hydrogens (tertiary/aromatic N) is 6. The summed E-state index contributed by atoms with van der Waals surface area (Å²) in [7, 11) is 1.80. The zero-order valence-electron chi connectivity index (χ0n) is 16.0. The summed E-state index contributed by atoms with van der Waals surface area (Å²) in [4.78, 5) is 23.5. The zero-order valence-corrected chi connectivity index (χ0v) is 16.8. The molecular weight excluding hydrogens is 376 g/mol. The van der Waals surface area contributed by atoms with Crippen LogP contribution in [0.5, 0.6) is 0 Å². The van der Waals surface area contributed by atoms with Gasteiger partial charge < -0.3 is 9.47 Å². The number of aromatic nitrogens is 5. The summed E-state index contributed by atoms with van der Waals surface area (Å²) in [6.45, 7) is 3.94. The second-order valence-corrected chi connectivity index (χ2v) is 7.61. The Labute approximate surface area is 169 Å². The van der Waals surface area contributed by atoms with Crippen LogP contribution in [0, 0.1) is 6.92 Å². The molecule has 1 atom stereocenters. The van der Waals surface area contributed by atoms with Gasteiger partial charge in [-0.05, 0) is 37.5 Å². The first-order valence-electron chi connectivity index (χ1n) is 9.43. The number of carbonyl (C=O) groups is 1. The van der Waals surface area contributed by atoms with E-state index in [2.05, 4.69) is 19.6 Å². The molecule has 4 heterocycles. The normalized spacial score (nSPS) is 17.1. The van der Waals surface area contributed by atoms with Crippen molar-refractivity contribution in [2.24, 2.45) is 7.05 Å². The Morgan fingerprint density at radius 3 is 2.79 bits per heavy atom. The molecule has 28 heavy (non-hydrogen) atoms. The van der Waals surface area contributed by atoms with Crippen molar-refractivity contribution in [1.29, 1.82) is 0 Å². The van der Waals surface area contributed by atoms with E-state index in [4.69, 9.17) is 11.6 Å². The molecule has 0 bridgehead atoms. The molecule has 4 rings (SSSR count). The molecule has 7 nitrogen and oxygen atoms in total. The van der Waals surface area contributed by atoms with E-state index in [0.717, 1.165) is 30.9 Å². The second-order valence-electron chi connectivity index (χ2n) is 7.23. The molecule has 1 aliphatic heterocycles. The molecule has 1 saturated heterocycles. The fraction of sp³-hybridized carbons (Fsp3) is 0.400. The van der Waals surface area contributed by atoms with E-state index in [1.54, 1.807) is 24.1 Å². The van der Waals surface area contributed by atoms with E-state index in [9.17, 15) is 4.79 Å². The van der Waals surface area contributed by atoms with Crippen molar-refractivity contribution in [1.82, 2.24) is 29.2 Å². The predicted octanol–water partition coefficient (Wildman–Crippen LogP) is 3.04. The maximum Gasteiger partial charge on any atom is 0.275 e. The van der Waals surface area contributed by atoms with E-state index in [-0.39, 0.29) is 11.8 Å². The number of halogens is 1. The molecule has 1 amide bonds. The van der Waals surface area contributed by atoms with Crippen LogP contribution in [-0.4, -0.2) is 48.2 Å². The molecule has 8 heteroatoms. The Bertz CT molecular complexity index is 980. The lowest BCUT2D eigenvalue weighted by Crippen LogP contribution is -2.40. The molecule has 0 spiro atoms. The molecule has 146 valence electrons. The number of hydrogen-bond donors (Lipinski definition) is 0. The lowest BCUT2D eigenvalue weighted by atomic mass is 9.96. The van der Waals surface area contributed by atoms with Crippen LogP contribution in [-0.2, 0) is 13.6 Å². The van der Waals surface area contributed by atoms with Crippen molar-refractivity contribution >= 4 is 17.5 Å². The molecule has 1 fully saturated rings. The third-order valence-electron chi connectivity index (χ3n) is 5.39. The Kier molecular flexibility index (Phi) is 5.17. The minimum absolute atomic E-state index is 0.106. The van der Waals surface area contributed by atoms with E-state index in [1.165, 1.54) is 5.56 Å². The summed E-state index contributed by atoms with van der Waals surface area (Å²) < 4.78 is 3.81. The summed E-state index contributed by atoms with van der Waals surface area (Å²) in [6.07, 6.45) is 9.36. The van der Waals surface area contributed by atoms with Crippen LogP contribution in [0.1, 0.15) is 46.3 Å². The maximum absolute atomic E-state index is 13.0. The van der Waals surface area contributed by atoms with Gasteiger partial charge in [-0.3, -0.25) is 14.5 Å². The topological polar surface area (TPSA) is 68.8 Å². The average molecular weight is 399 g/mol. The van der Waals surface area contributed by atoms with Crippen LogP contribution in [0.15, 0.2) is 36.9 Å². The number of imidazole rings is 1. The standard InChI is InChI=1S/C20H23ClN6O/c1-14-17(21)18(24-25(14)2)20(28)27-10-3-4-16(13-27)19-23-9-11-26(19)12-15-5-7-22-8-6-15/h5-9,11,16H,3-4,10,12-13H2,1-2H3. The number of likely N-dealkylation sites (tertiary alicyclic amines) is 1. The molecule has 0 saturated carbocycles. The summed E-state index contributed by atoms with van der Waals surface area (Å²) in [5.74, 6) is 1.10. The Morgan fingerprint density at radius 2 is 2.07 bits per heavy atom. The van der Waals surface area contributed by atoms with Gasteiger partial charge >= 0.3 is 0 Å². The third kappa shape index (κ3) is 3.54. The van der Waals surface area contributed by atoms with Crippen LogP contribution in [0.25, 0.3) is 0 Å². The summed E-state index contributed by atoms with van der Waals surface area (Å²) in [5.41, 5.74) is 2.31. The van der Waals surface area contributed by atoms with Gasteiger partial charge in [0.2, 0.25) is 0 Å². The highest BCUT2D eigenvalue weighted by molar-refractivity contribution is 6.34. The number of piperidine rings is 1. The Balaban J connectivity index is 1.52. The van der Waals surface area contributed by atoms with Gasteiger partial charge in [-0.1, -0.05) is 11.6 Å². The van der Waals surface area contributed by atoms with Gasteiger partial charge in [-0.25, -0.2) is 4.98 Å². The number of carbonyl (C=O) groups excluding carboxylic acids is 1. The predicted molar refractivity (Wildman–Crippen MR) is 106 cm³/mol. The van der Waals surface area contributed by atoms with Gasteiger partial charge in [0.15, 0.2) is 5.69 Å². The smallest absolute Gasteiger partial charge is 0.275 e. The summed E-state index contributed by atoms with van der Waals surface area (Å²) >= 11 is 6.33. The van der Waals surface area contributed by atoms with Crippen molar-refractivity contribution in [3.8, 4) is 0 Å². The quantitative estimate of drug-likeness (QED) is 0.677. The van der Waals surface area contributed by atoms with Crippen LogP contribution in [0.2, 0.25) is 5.02 Å². The fourth-order valence-electron chi connectivity index (χ4n) is 3.74. The fourth-order valence-corrected chi connectivity index (χ4v) is 3.98. The number of amides is 1. The highest BCUT2D eigenvalue weighted by Gasteiger charge is 2.30. The SMILES string of the molecule is Cc1c(Cl)c(C(=O)N2CCCC(c3nccn3Cc3ccncc3)C2)nn1C. The highest BCUT2D eigenvalue weighted by Crippen LogP contribution is 2.29. The van der Waals surface area contributed by atoms with Crippen LogP contribution < -0.4 is 0 Å². The second kappa shape index (κ2) is 7.75. The lowest BCUT2D eigenvalue weighted by Gasteiger charge is -2.32. The molecular formula is C20H23ClN6O. The third-order valence-corrected chi connectivity index (χ3v) is 5.84. The first-order valence-corrected chi connectivity index (χ1v) is 9.80. The van der Waals surface area contributed by atoms with Gasteiger partial charge in [0.1, 0.15) is 5.82 Å². The van der Waals surface area contributed by atoms with Crippen molar-refractivity contribution in [3.63, 3.8) is 0 Å². The van der Waals surface area contributed by atoms with Crippen LogP contribution in [0.4, 0.5) is 0 Å². The minimum atomic E-state index is -0.106. The number of aryl methyl sites for hydroxylation is 1. The van der Waals surface area contributed by atoms with Gasteiger partial charge in [0.05, 0.1) is 10.7 Å². The molecule has 0 radical (unpaired) electrons. The van der Waals surface area contributed by atoms with Crippen molar-refractivity contribution < 1.29 is 4.79 Å². The van der Waals surface area contributed by atoms with E-state index in [0.29, 0.717) is 23.8 Å². The maximum atomic E-state index is 13.0. The first-order chi connectivity index (χ1) is 13.5. The minimum Gasteiger partial charge on any atom is -0.336 e. The van der Waals surface area contributed by atoms with Crippen molar-refractivity contribution in [3.05, 3.63) is 64.7 Å². The van der Waals surface area contributed by atoms with Gasteiger partial charge in [0, 0.05) is 57.4 Å². The average Bonchev–Trinajstić information content (AvgIpc) is 3.28. The lowest BCUT2D eigenvalue weighted by molar-refractivity contribution is 0.0697. The molecule has 1 unspecified atom stereocenters. The molecule has 0 N–H and O–H groups in total. The van der Waals surface area contributed by atoms with Crippen molar-refractivity contribution in [2.45, 2.75) is 32.2 Å². The van der Waals surface area contributed by atoms with Gasteiger partial charge in [0.25, 0.3) is 5.91 Å². The van der Waals surface area contributed by atoms with E-state index < -0.39 is 0 Å². The van der Waals surface area contributed by atoms with Gasteiger partial charge in [-0.15, -0.1) is 0 Å². The number of hydrogen-bond acceptors (Lipinski definition) is 4. The molecule has 0 aromatic carbocycles. The van der Waals surface area contributed by atoms with E-state index in [1.807, 2.05) is 36.4 Å². The van der Waals surface area contributed by atoms with Crippen LogP contribution in [0.3, 0.4) is 0 Å². The Hall–Kier alpha value is -2.67. The van der Waals surface area contributed by atoms with E-state index >= 15 is 0 Å². The first kappa shape index (κ1) is 18.7. The number of pyridine rings is 1. The molecule has 3 aromatic rings. The molecule has 1 aliphatic rings. The highest BCUT2D eigenvalue weighted by atomic mass is 35.5. The monoisotopic (exact) mass is 398 g/mol.